The molecule has 1 aromatic carbocycles. The molecule has 5 N–H and O–H groups in total. The van der Waals surface area contributed by atoms with Gasteiger partial charge in [0, 0.05) is 17.9 Å². The van der Waals surface area contributed by atoms with E-state index in [2.05, 4.69) is 0 Å². The standard InChI is InChI=1S/C26H32O12/c1-12-17-18(23(19(12)29)37-16(28)9-8-13-6-4-3-5-7-13)14(24(33)34-2)11-35-25(17)38-26-22(32)21(31)20(30)15(10-27)36-26/h3-9,11-12,15,17-23,25-27,29-32H,10H2,1-2H3/b9-8+/t12-,15+,17+,18+,19+,20-,21+,22+,23-,25-,26-/m0/s1. The van der Waals surface area contributed by atoms with E-state index in [4.69, 9.17) is 23.7 Å². The first-order valence-electron chi connectivity index (χ1n) is 12.2. The smallest absolute Gasteiger partial charge is 0.337 e. The summed E-state index contributed by atoms with van der Waals surface area (Å²) in [6.45, 7) is 1.00. The molecule has 38 heavy (non-hydrogen) atoms. The van der Waals surface area contributed by atoms with E-state index >= 15 is 0 Å². The van der Waals surface area contributed by atoms with Gasteiger partial charge >= 0.3 is 11.9 Å². The third kappa shape index (κ3) is 5.47. The van der Waals surface area contributed by atoms with Crippen LogP contribution in [0.3, 0.4) is 0 Å². The van der Waals surface area contributed by atoms with Crippen LogP contribution in [0, 0.1) is 17.8 Å². The van der Waals surface area contributed by atoms with Gasteiger partial charge in [0.2, 0.25) is 6.29 Å². The number of fused-ring (bicyclic) bond motifs is 1. The van der Waals surface area contributed by atoms with Crippen LogP contribution in [-0.4, -0.2) is 100 Å². The number of benzene rings is 1. The highest BCUT2D eigenvalue weighted by atomic mass is 16.8. The number of methoxy groups -OCH3 is 1. The van der Waals surface area contributed by atoms with Gasteiger partial charge in [-0.1, -0.05) is 37.3 Å². The lowest BCUT2D eigenvalue weighted by Gasteiger charge is -2.43. The van der Waals surface area contributed by atoms with E-state index < -0.39 is 85.5 Å². The van der Waals surface area contributed by atoms with Crippen molar-refractivity contribution in [1.82, 2.24) is 0 Å². The van der Waals surface area contributed by atoms with E-state index in [1.165, 1.54) is 13.2 Å². The molecule has 11 atom stereocenters. The minimum absolute atomic E-state index is 0.0133. The summed E-state index contributed by atoms with van der Waals surface area (Å²) in [6.07, 6.45) is -7.48. The average Bonchev–Trinajstić information content (AvgIpc) is 3.18. The van der Waals surface area contributed by atoms with Gasteiger partial charge < -0.3 is 49.2 Å². The fourth-order valence-electron chi connectivity index (χ4n) is 5.18. The molecule has 0 amide bonds. The zero-order valence-corrected chi connectivity index (χ0v) is 20.8. The minimum atomic E-state index is -1.70. The second-order valence-electron chi connectivity index (χ2n) is 9.50. The normalized spacial score (nSPS) is 38.7. The predicted molar refractivity (Wildman–Crippen MR) is 127 cm³/mol. The van der Waals surface area contributed by atoms with E-state index in [0.717, 1.165) is 11.8 Å². The third-order valence-corrected chi connectivity index (χ3v) is 7.26. The first kappa shape index (κ1) is 28.2. The number of ether oxygens (including phenoxy) is 5. The topological polar surface area (TPSA) is 181 Å². The number of aliphatic hydroxyl groups excluding tert-OH is 5. The van der Waals surface area contributed by atoms with Crippen LogP contribution in [-0.2, 0) is 33.3 Å². The van der Waals surface area contributed by atoms with E-state index in [0.29, 0.717) is 0 Å². The van der Waals surface area contributed by atoms with Crippen molar-refractivity contribution in [2.45, 2.75) is 56.1 Å². The fraction of sp³-hybridized carbons (Fsp3) is 0.538. The molecule has 1 aliphatic carbocycles. The summed E-state index contributed by atoms with van der Waals surface area (Å²) < 4.78 is 27.4. The van der Waals surface area contributed by atoms with Crippen molar-refractivity contribution in [3.05, 3.63) is 53.8 Å². The summed E-state index contributed by atoms with van der Waals surface area (Å²) in [4.78, 5) is 25.2. The second-order valence-corrected chi connectivity index (χ2v) is 9.50. The summed E-state index contributed by atoms with van der Waals surface area (Å²) in [5.74, 6) is -3.84. The largest absolute Gasteiger partial charge is 0.472 e. The monoisotopic (exact) mass is 536 g/mol. The summed E-state index contributed by atoms with van der Waals surface area (Å²) >= 11 is 0. The Morgan fingerprint density at radius 2 is 1.71 bits per heavy atom. The van der Waals surface area contributed by atoms with Crippen LogP contribution >= 0.6 is 0 Å². The van der Waals surface area contributed by atoms with Crippen molar-refractivity contribution in [2.75, 3.05) is 13.7 Å². The number of aliphatic hydroxyl groups is 5. The van der Waals surface area contributed by atoms with Gasteiger partial charge in [-0.15, -0.1) is 0 Å². The highest BCUT2D eigenvalue weighted by molar-refractivity contribution is 5.90. The predicted octanol–water partition coefficient (Wildman–Crippen LogP) is -0.916. The maximum absolute atomic E-state index is 12.7. The number of rotatable bonds is 7. The van der Waals surface area contributed by atoms with E-state index in [1.807, 2.05) is 18.2 Å². The Kier molecular flexibility index (Phi) is 8.83. The first-order valence-corrected chi connectivity index (χ1v) is 12.2. The molecule has 2 heterocycles. The highest BCUT2D eigenvalue weighted by Crippen LogP contribution is 2.49. The van der Waals surface area contributed by atoms with E-state index in [9.17, 15) is 35.1 Å². The number of hydrogen-bond acceptors (Lipinski definition) is 12. The zero-order valence-electron chi connectivity index (χ0n) is 20.8. The Morgan fingerprint density at radius 1 is 1.00 bits per heavy atom. The lowest BCUT2D eigenvalue weighted by molar-refractivity contribution is -0.343. The third-order valence-electron chi connectivity index (χ3n) is 7.26. The number of hydrogen-bond donors (Lipinski definition) is 5. The number of esters is 2. The van der Waals surface area contributed by atoms with E-state index in [-0.39, 0.29) is 5.57 Å². The molecule has 0 bridgehead atoms. The Morgan fingerprint density at radius 3 is 2.37 bits per heavy atom. The summed E-state index contributed by atoms with van der Waals surface area (Å²) in [6, 6.07) is 9.04. The maximum atomic E-state index is 12.7. The zero-order chi connectivity index (χ0) is 27.6. The summed E-state index contributed by atoms with van der Waals surface area (Å²) in [5.41, 5.74) is 0.774. The van der Waals surface area contributed by atoms with E-state index in [1.54, 1.807) is 25.1 Å². The molecule has 12 nitrogen and oxygen atoms in total. The minimum Gasteiger partial charge on any atom is -0.472 e. The Labute approximate surface area is 218 Å². The molecular formula is C26H32O12. The molecule has 0 radical (unpaired) electrons. The summed E-state index contributed by atoms with van der Waals surface area (Å²) in [5, 5.41) is 51.1. The fourth-order valence-corrected chi connectivity index (χ4v) is 5.18. The van der Waals surface area contributed by atoms with Gasteiger partial charge in [0.05, 0.1) is 31.7 Å². The van der Waals surface area contributed by atoms with Crippen molar-refractivity contribution in [1.29, 1.82) is 0 Å². The van der Waals surface area contributed by atoms with Crippen LogP contribution < -0.4 is 0 Å². The number of carbonyl (C=O) groups is 2. The van der Waals surface area contributed by atoms with Gasteiger partial charge in [-0.3, -0.25) is 0 Å². The maximum Gasteiger partial charge on any atom is 0.337 e. The quantitative estimate of drug-likeness (QED) is 0.214. The van der Waals surface area contributed by atoms with Gasteiger partial charge in [0.25, 0.3) is 0 Å². The second kappa shape index (κ2) is 11.9. The molecule has 2 aliphatic heterocycles. The first-order chi connectivity index (χ1) is 18.2. The van der Waals surface area contributed by atoms with Crippen LogP contribution in [0.1, 0.15) is 12.5 Å². The van der Waals surface area contributed by atoms with Crippen LogP contribution in [0.15, 0.2) is 48.2 Å². The molecule has 1 aromatic rings. The van der Waals surface area contributed by atoms with Crippen molar-refractivity contribution in [2.24, 2.45) is 17.8 Å². The Bertz CT molecular complexity index is 1040. The SMILES string of the molecule is COC(=O)C1=CO[C@@H](O[C@@H]2O[C@H](CO)[C@H](O)[C@@H](O)[C@H]2O)[C@@H]2[C@H](C)[C@@H](O)[C@@H](OC(=O)/C=C/c3ccccc3)[C@H]12. The number of carbonyl (C=O) groups excluding carboxylic acids is 2. The van der Waals surface area contributed by atoms with Gasteiger partial charge in [-0.25, -0.2) is 9.59 Å². The molecule has 1 saturated carbocycles. The molecule has 0 unspecified atom stereocenters. The lowest BCUT2D eigenvalue weighted by atomic mass is 9.82. The van der Waals surface area contributed by atoms with Gasteiger partial charge in [-0.05, 0) is 17.6 Å². The lowest BCUT2D eigenvalue weighted by Crippen LogP contribution is -2.60. The van der Waals surface area contributed by atoms with Gasteiger partial charge in [-0.2, -0.15) is 0 Å². The molecule has 4 rings (SSSR count). The molecule has 1 saturated heterocycles. The van der Waals surface area contributed by atoms with Crippen molar-refractivity contribution < 1.29 is 58.8 Å². The van der Waals surface area contributed by atoms with Crippen molar-refractivity contribution >= 4 is 18.0 Å². The van der Waals surface area contributed by atoms with Crippen LogP contribution in [0.5, 0.6) is 0 Å². The molecule has 208 valence electrons. The highest BCUT2D eigenvalue weighted by Gasteiger charge is 2.59. The molecule has 0 aromatic heterocycles. The Balaban J connectivity index is 1.57. The molecule has 0 spiro atoms. The Hall–Kier alpha value is -2.84. The van der Waals surface area contributed by atoms with Gasteiger partial charge in [0.1, 0.15) is 30.5 Å². The molecule has 2 fully saturated rings. The average molecular weight is 537 g/mol. The van der Waals surface area contributed by atoms with Crippen molar-refractivity contribution in [3.63, 3.8) is 0 Å². The molecular weight excluding hydrogens is 504 g/mol. The van der Waals surface area contributed by atoms with Crippen LogP contribution in [0.2, 0.25) is 0 Å². The van der Waals surface area contributed by atoms with Crippen molar-refractivity contribution in [3.8, 4) is 0 Å². The summed E-state index contributed by atoms with van der Waals surface area (Å²) in [7, 11) is 1.17. The van der Waals surface area contributed by atoms with Crippen LogP contribution in [0.25, 0.3) is 6.08 Å². The van der Waals surface area contributed by atoms with Crippen LogP contribution in [0.4, 0.5) is 0 Å². The van der Waals surface area contributed by atoms with Gasteiger partial charge in [0.15, 0.2) is 6.29 Å². The molecule has 12 heteroatoms. The molecule has 3 aliphatic rings.